The first-order chi connectivity index (χ1) is 16.9. The van der Waals surface area contributed by atoms with E-state index >= 15 is 0 Å². The lowest BCUT2D eigenvalue weighted by Gasteiger charge is -2.32. The molecule has 5 rings (SSSR count). The maximum Gasteiger partial charge on any atom is 0.260 e. The minimum atomic E-state index is -0.276. The molecule has 2 N–H and O–H groups in total. The van der Waals surface area contributed by atoms with E-state index in [1.807, 2.05) is 10.8 Å². The Bertz CT molecular complexity index is 1240. The van der Waals surface area contributed by atoms with E-state index in [0.717, 1.165) is 68.3 Å². The first kappa shape index (κ1) is 24.2. The number of anilines is 1. The highest BCUT2D eigenvalue weighted by molar-refractivity contribution is 6.04. The first-order valence-corrected chi connectivity index (χ1v) is 13.1. The molecule has 0 atom stereocenters. The second-order valence-corrected chi connectivity index (χ2v) is 10.8. The van der Waals surface area contributed by atoms with Crippen molar-refractivity contribution in [2.75, 3.05) is 45.1 Å². The highest BCUT2D eigenvalue weighted by Crippen LogP contribution is 2.32. The molecule has 8 nitrogen and oxygen atoms in total. The molecule has 2 aromatic heterocycles. The van der Waals surface area contributed by atoms with Gasteiger partial charge in [0, 0.05) is 62.3 Å². The molecule has 188 valence electrons. The van der Waals surface area contributed by atoms with E-state index in [1.54, 1.807) is 0 Å². The van der Waals surface area contributed by atoms with Gasteiger partial charge in [-0.3, -0.25) is 14.3 Å². The molecule has 2 fully saturated rings. The highest BCUT2D eigenvalue weighted by Gasteiger charge is 2.25. The monoisotopic (exact) mass is 478 g/mol. The lowest BCUT2D eigenvalue weighted by Crippen LogP contribution is -2.43. The topological polar surface area (TPSA) is 86.5 Å². The number of nitrogens with one attached hydrogen (secondary N) is 1. The zero-order chi connectivity index (χ0) is 24.5. The molecule has 1 aromatic carbocycles. The van der Waals surface area contributed by atoms with Gasteiger partial charge in [-0.05, 0) is 55.7 Å². The third kappa shape index (κ3) is 5.20. The molecule has 0 amide bonds. The Labute approximate surface area is 207 Å². The number of aliphatic hydroxyl groups is 1. The van der Waals surface area contributed by atoms with E-state index < -0.39 is 0 Å². The van der Waals surface area contributed by atoms with E-state index in [0.29, 0.717) is 30.4 Å². The smallest absolute Gasteiger partial charge is 0.260 e. The van der Waals surface area contributed by atoms with Gasteiger partial charge in [0.05, 0.1) is 6.10 Å². The van der Waals surface area contributed by atoms with Crippen molar-refractivity contribution in [2.45, 2.75) is 58.2 Å². The summed E-state index contributed by atoms with van der Waals surface area (Å²) in [5.74, 6) is 1.02. The van der Waals surface area contributed by atoms with Crippen molar-refractivity contribution in [3.63, 3.8) is 0 Å². The number of aliphatic hydroxyl groups excluding tert-OH is 1. The van der Waals surface area contributed by atoms with Crippen molar-refractivity contribution in [3.8, 4) is 0 Å². The normalized spacial score (nSPS) is 22.3. The summed E-state index contributed by atoms with van der Waals surface area (Å²) in [7, 11) is 2.16. The zero-order valence-corrected chi connectivity index (χ0v) is 21.2. The van der Waals surface area contributed by atoms with Gasteiger partial charge in [0.25, 0.3) is 5.56 Å². The molecule has 0 radical (unpaired) electrons. The van der Waals surface area contributed by atoms with Crippen LogP contribution in [0.4, 0.5) is 5.95 Å². The SMILES string of the molecule is CC(C)CNc1ncc2c3ccc(CN4CCN(C)CC4)cc3c(=O)n([C@H]3CC[C@H](O)CC3)c2n1. The lowest BCUT2D eigenvalue weighted by atomic mass is 9.92. The molecule has 8 heteroatoms. The van der Waals surface area contributed by atoms with E-state index in [9.17, 15) is 9.90 Å². The van der Waals surface area contributed by atoms with Crippen LogP contribution in [0.25, 0.3) is 21.8 Å². The average molecular weight is 479 g/mol. The molecule has 0 unspecified atom stereocenters. The Morgan fingerprint density at radius 3 is 2.51 bits per heavy atom. The summed E-state index contributed by atoms with van der Waals surface area (Å²) in [6, 6.07) is 6.33. The van der Waals surface area contributed by atoms with Gasteiger partial charge < -0.3 is 15.3 Å². The van der Waals surface area contributed by atoms with Gasteiger partial charge in [0.1, 0.15) is 5.65 Å². The van der Waals surface area contributed by atoms with Crippen LogP contribution in [0, 0.1) is 5.92 Å². The molecule has 1 saturated heterocycles. The molecule has 35 heavy (non-hydrogen) atoms. The number of rotatable bonds is 6. The third-order valence-electron chi connectivity index (χ3n) is 7.52. The first-order valence-electron chi connectivity index (χ1n) is 13.1. The second-order valence-electron chi connectivity index (χ2n) is 10.8. The number of hydrogen-bond donors (Lipinski definition) is 2. The summed E-state index contributed by atoms with van der Waals surface area (Å²) in [5.41, 5.74) is 1.87. The molecule has 2 aliphatic rings. The molecule has 1 saturated carbocycles. The van der Waals surface area contributed by atoms with E-state index in [1.165, 1.54) is 5.56 Å². The van der Waals surface area contributed by atoms with Gasteiger partial charge in [-0.25, -0.2) is 4.98 Å². The van der Waals surface area contributed by atoms with Crippen LogP contribution in [0.1, 0.15) is 51.1 Å². The standard InChI is InChI=1S/C27H38N6O2/c1-18(2)15-28-27-29-16-24-22-9-4-19(17-32-12-10-31(3)11-13-32)14-23(22)26(35)33(25(24)30-27)20-5-7-21(34)8-6-20/h4,9,14,16,18,20-21,34H,5-8,10-13,15,17H2,1-3H3,(H,28,29,30)/t20-,21-. The lowest BCUT2D eigenvalue weighted by molar-refractivity contribution is 0.111. The Balaban J connectivity index is 1.59. The number of aromatic nitrogens is 3. The van der Waals surface area contributed by atoms with Gasteiger partial charge in [0.15, 0.2) is 0 Å². The van der Waals surface area contributed by atoms with Crippen LogP contribution < -0.4 is 10.9 Å². The quantitative estimate of drug-likeness (QED) is 0.526. The third-order valence-corrected chi connectivity index (χ3v) is 7.52. The van der Waals surface area contributed by atoms with Crippen LogP contribution in [0.3, 0.4) is 0 Å². The fraction of sp³-hybridized carbons (Fsp3) is 0.593. The summed E-state index contributed by atoms with van der Waals surface area (Å²) in [5, 5.41) is 15.9. The predicted octanol–water partition coefficient (Wildman–Crippen LogP) is 3.24. The van der Waals surface area contributed by atoms with Gasteiger partial charge in [-0.1, -0.05) is 26.0 Å². The fourth-order valence-corrected chi connectivity index (χ4v) is 5.37. The summed E-state index contributed by atoms with van der Waals surface area (Å²) in [4.78, 5) is 28.2. The second kappa shape index (κ2) is 10.2. The summed E-state index contributed by atoms with van der Waals surface area (Å²) < 4.78 is 1.89. The molecule has 0 spiro atoms. The Morgan fingerprint density at radius 2 is 1.80 bits per heavy atom. The van der Waals surface area contributed by atoms with Crippen LogP contribution in [-0.4, -0.2) is 75.3 Å². The average Bonchev–Trinajstić information content (AvgIpc) is 2.85. The van der Waals surface area contributed by atoms with Crippen molar-refractivity contribution < 1.29 is 5.11 Å². The Kier molecular flexibility index (Phi) is 7.05. The van der Waals surface area contributed by atoms with E-state index in [2.05, 4.69) is 59.2 Å². The molecule has 1 aliphatic carbocycles. The fourth-order valence-electron chi connectivity index (χ4n) is 5.37. The van der Waals surface area contributed by atoms with Gasteiger partial charge >= 0.3 is 0 Å². The molecule has 1 aliphatic heterocycles. The van der Waals surface area contributed by atoms with Crippen LogP contribution in [0.15, 0.2) is 29.2 Å². The van der Waals surface area contributed by atoms with Crippen LogP contribution in [0.5, 0.6) is 0 Å². The highest BCUT2D eigenvalue weighted by atomic mass is 16.3. The zero-order valence-electron chi connectivity index (χ0n) is 21.2. The van der Waals surface area contributed by atoms with Gasteiger partial charge in [-0.2, -0.15) is 4.98 Å². The van der Waals surface area contributed by atoms with Gasteiger partial charge in [0.2, 0.25) is 5.95 Å². The van der Waals surface area contributed by atoms with E-state index in [4.69, 9.17) is 4.98 Å². The number of likely N-dealkylation sites (N-methyl/N-ethyl adjacent to an activating group) is 1. The molecular formula is C27H38N6O2. The molecule has 3 heterocycles. The maximum atomic E-state index is 14.0. The molecule has 3 aromatic rings. The molecular weight excluding hydrogens is 440 g/mol. The summed E-state index contributed by atoms with van der Waals surface area (Å²) in [6.07, 6.45) is 4.57. The van der Waals surface area contributed by atoms with Crippen LogP contribution in [-0.2, 0) is 6.54 Å². The number of nitrogens with zero attached hydrogens (tertiary/aromatic N) is 5. The van der Waals surface area contributed by atoms with Crippen molar-refractivity contribution in [1.29, 1.82) is 0 Å². The van der Waals surface area contributed by atoms with Crippen molar-refractivity contribution in [3.05, 3.63) is 40.3 Å². The summed E-state index contributed by atoms with van der Waals surface area (Å²) in [6.45, 7) is 10.1. The Morgan fingerprint density at radius 1 is 1.06 bits per heavy atom. The van der Waals surface area contributed by atoms with Crippen molar-refractivity contribution in [1.82, 2.24) is 24.3 Å². The van der Waals surface area contributed by atoms with Crippen molar-refractivity contribution in [2.24, 2.45) is 5.92 Å². The number of pyridine rings is 1. The number of piperazine rings is 1. The van der Waals surface area contributed by atoms with Crippen LogP contribution in [0.2, 0.25) is 0 Å². The largest absolute Gasteiger partial charge is 0.393 e. The minimum Gasteiger partial charge on any atom is -0.393 e. The number of hydrogen-bond acceptors (Lipinski definition) is 7. The van der Waals surface area contributed by atoms with Crippen molar-refractivity contribution >= 4 is 27.8 Å². The van der Waals surface area contributed by atoms with Crippen LogP contribution >= 0.6 is 0 Å². The minimum absolute atomic E-state index is 0.0163. The maximum absolute atomic E-state index is 14.0. The Hall–Kier alpha value is -2.55. The van der Waals surface area contributed by atoms with Gasteiger partial charge in [-0.15, -0.1) is 0 Å². The van der Waals surface area contributed by atoms with E-state index in [-0.39, 0.29) is 17.7 Å². The summed E-state index contributed by atoms with van der Waals surface area (Å²) >= 11 is 0. The number of fused-ring (bicyclic) bond motifs is 3. The molecule has 0 bridgehead atoms. The predicted molar refractivity (Wildman–Crippen MR) is 141 cm³/mol. The number of benzene rings is 1.